The molecule has 0 radical (unpaired) electrons. The third-order valence-electron chi connectivity index (χ3n) is 2.31. The van der Waals surface area contributed by atoms with Crippen molar-refractivity contribution in [2.24, 2.45) is 0 Å². The molecule has 0 bridgehead atoms. The average molecular weight is 243 g/mol. The van der Waals surface area contributed by atoms with E-state index in [-0.39, 0.29) is 11.9 Å². The summed E-state index contributed by atoms with van der Waals surface area (Å²) in [5, 5.41) is 3.27. The molecule has 0 aliphatic carbocycles. The van der Waals surface area contributed by atoms with Gasteiger partial charge in [0.05, 0.1) is 0 Å². The van der Waals surface area contributed by atoms with E-state index in [0.29, 0.717) is 5.75 Å². The Morgan fingerprint density at radius 2 is 2.25 bits per heavy atom. The minimum atomic E-state index is -0.755. The summed E-state index contributed by atoms with van der Waals surface area (Å²) in [5.41, 5.74) is 0.984. The molecule has 1 aromatic carbocycles. The van der Waals surface area contributed by atoms with E-state index < -0.39 is 10.8 Å². The van der Waals surface area contributed by atoms with Crippen LogP contribution in [-0.2, 0) is 17.2 Å². The monoisotopic (exact) mass is 243 g/mol. The van der Waals surface area contributed by atoms with Crippen LogP contribution >= 0.6 is 0 Å². The van der Waals surface area contributed by atoms with Crippen molar-refractivity contribution in [1.29, 1.82) is 0 Å². The molecular formula is C12H18FNOS. The molecular weight excluding hydrogens is 225 g/mol. The van der Waals surface area contributed by atoms with Crippen LogP contribution in [0.5, 0.6) is 0 Å². The van der Waals surface area contributed by atoms with Crippen LogP contribution < -0.4 is 5.32 Å². The van der Waals surface area contributed by atoms with E-state index in [2.05, 4.69) is 5.32 Å². The van der Waals surface area contributed by atoms with Gasteiger partial charge >= 0.3 is 0 Å². The van der Waals surface area contributed by atoms with Gasteiger partial charge in [-0.1, -0.05) is 12.1 Å². The van der Waals surface area contributed by atoms with Crippen molar-refractivity contribution in [3.05, 3.63) is 35.6 Å². The topological polar surface area (TPSA) is 29.1 Å². The molecule has 1 rings (SSSR count). The molecule has 0 aromatic heterocycles. The number of hydrogen-bond donors (Lipinski definition) is 1. The Balaban J connectivity index is 2.33. The first-order chi connectivity index (χ1) is 7.58. The summed E-state index contributed by atoms with van der Waals surface area (Å²) in [5.74, 6) is 0.465. The maximum atomic E-state index is 12.9. The van der Waals surface area contributed by atoms with Gasteiger partial charge in [0.1, 0.15) is 5.82 Å². The van der Waals surface area contributed by atoms with Crippen LogP contribution in [0.2, 0.25) is 0 Å². The summed E-state index contributed by atoms with van der Waals surface area (Å²) >= 11 is 0. The number of nitrogens with one attached hydrogen (secondary N) is 1. The van der Waals surface area contributed by atoms with E-state index in [0.717, 1.165) is 18.5 Å². The van der Waals surface area contributed by atoms with Gasteiger partial charge in [0.25, 0.3) is 0 Å². The average Bonchev–Trinajstić information content (AvgIpc) is 2.16. The highest BCUT2D eigenvalue weighted by molar-refractivity contribution is 7.84. The van der Waals surface area contributed by atoms with Gasteiger partial charge in [-0.05, 0) is 31.0 Å². The van der Waals surface area contributed by atoms with Gasteiger partial charge in [-0.3, -0.25) is 4.21 Å². The van der Waals surface area contributed by atoms with Crippen molar-refractivity contribution in [3.63, 3.8) is 0 Å². The molecule has 0 aliphatic heterocycles. The molecule has 2 nitrogen and oxygen atoms in total. The summed E-state index contributed by atoms with van der Waals surface area (Å²) < 4.78 is 23.8. The van der Waals surface area contributed by atoms with Crippen LogP contribution in [-0.4, -0.2) is 28.8 Å². The smallest absolute Gasteiger partial charge is 0.123 e. The largest absolute Gasteiger partial charge is 0.313 e. The Kier molecular flexibility index (Phi) is 5.63. The standard InChI is InChI=1S/C12H18FNOS/c1-10(14-6-7-16(2)15)8-11-4-3-5-12(13)9-11/h3-5,9-10,14H,6-8H2,1-2H3. The van der Waals surface area contributed by atoms with Gasteiger partial charge in [0.2, 0.25) is 0 Å². The minimum Gasteiger partial charge on any atom is -0.313 e. The van der Waals surface area contributed by atoms with Crippen molar-refractivity contribution >= 4 is 10.8 Å². The van der Waals surface area contributed by atoms with Gasteiger partial charge in [0.15, 0.2) is 0 Å². The van der Waals surface area contributed by atoms with Crippen LogP contribution in [0, 0.1) is 5.82 Å². The molecule has 0 saturated carbocycles. The molecule has 0 spiro atoms. The predicted octanol–water partition coefficient (Wildman–Crippen LogP) is 1.72. The van der Waals surface area contributed by atoms with E-state index in [1.165, 1.54) is 6.07 Å². The first-order valence-corrected chi connectivity index (χ1v) is 7.08. The van der Waals surface area contributed by atoms with E-state index in [9.17, 15) is 8.60 Å². The zero-order valence-electron chi connectivity index (χ0n) is 9.70. The van der Waals surface area contributed by atoms with Gasteiger partial charge in [-0.25, -0.2) is 4.39 Å². The number of halogens is 1. The van der Waals surface area contributed by atoms with Crippen LogP contribution in [0.3, 0.4) is 0 Å². The summed E-state index contributed by atoms with van der Waals surface area (Å²) in [6, 6.07) is 6.90. The van der Waals surface area contributed by atoms with Crippen molar-refractivity contribution < 1.29 is 8.60 Å². The second-order valence-corrected chi connectivity index (χ2v) is 5.52. The number of benzene rings is 1. The molecule has 1 N–H and O–H groups in total. The quantitative estimate of drug-likeness (QED) is 0.824. The Hall–Kier alpha value is -0.740. The summed E-state index contributed by atoms with van der Waals surface area (Å²) in [6.07, 6.45) is 2.48. The summed E-state index contributed by atoms with van der Waals surface area (Å²) in [7, 11) is -0.755. The van der Waals surface area contributed by atoms with E-state index in [1.54, 1.807) is 18.4 Å². The van der Waals surface area contributed by atoms with Crippen molar-refractivity contribution in [2.75, 3.05) is 18.6 Å². The lowest BCUT2D eigenvalue weighted by Gasteiger charge is -2.13. The molecule has 1 aromatic rings. The van der Waals surface area contributed by atoms with Crippen molar-refractivity contribution in [2.45, 2.75) is 19.4 Å². The van der Waals surface area contributed by atoms with Crippen LogP contribution in [0.1, 0.15) is 12.5 Å². The fourth-order valence-electron chi connectivity index (χ4n) is 1.54. The third-order valence-corrected chi connectivity index (χ3v) is 3.09. The lowest BCUT2D eigenvalue weighted by molar-refractivity contribution is 0.561. The Morgan fingerprint density at radius 3 is 2.88 bits per heavy atom. The lowest BCUT2D eigenvalue weighted by atomic mass is 10.1. The van der Waals surface area contributed by atoms with Gasteiger partial charge in [0, 0.05) is 35.4 Å². The Morgan fingerprint density at radius 1 is 1.50 bits per heavy atom. The molecule has 4 heteroatoms. The van der Waals surface area contributed by atoms with Crippen molar-refractivity contribution in [1.82, 2.24) is 5.32 Å². The van der Waals surface area contributed by atoms with Crippen LogP contribution in [0.15, 0.2) is 24.3 Å². The zero-order valence-corrected chi connectivity index (χ0v) is 10.5. The first-order valence-electron chi connectivity index (χ1n) is 5.36. The van der Waals surface area contributed by atoms with Gasteiger partial charge in [-0.2, -0.15) is 0 Å². The molecule has 0 heterocycles. The molecule has 16 heavy (non-hydrogen) atoms. The molecule has 0 aliphatic rings. The molecule has 0 saturated heterocycles. The first kappa shape index (κ1) is 13.3. The van der Waals surface area contributed by atoms with Crippen LogP contribution in [0.25, 0.3) is 0 Å². The SMILES string of the molecule is CC(Cc1cccc(F)c1)NCCS(C)=O. The highest BCUT2D eigenvalue weighted by atomic mass is 32.2. The van der Waals surface area contributed by atoms with E-state index >= 15 is 0 Å². The second-order valence-electron chi connectivity index (χ2n) is 3.97. The summed E-state index contributed by atoms with van der Waals surface area (Å²) in [6.45, 7) is 2.78. The zero-order chi connectivity index (χ0) is 12.0. The molecule has 2 atom stereocenters. The van der Waals surface area contributed by atoms with E-state index in [4.69, 9.17) is 0 Å². The Bertz CT molecular complexity index is 357. The second kappa shape index (κ2) is 6.76. The third kappa shape index (κ3) is 5.37. The van der Waals surface area contributed by atoms with Crippen molar-refractivity contribution in [3.8, 4) is 0 Å². The number of hydrogen-bond acceptors (Lipinski definition) is 2. The fourth-order valence-corrected chi connectivity index (χ4v) is 1.94. The normalized spacial score (nSPS) is 14.7. The number of rotatable bonds is 6. The highest BCUT2D eigenvalue weighted by Gasteiger charge is 2.03. The maximum absolute atomic E-state index is 12.9. The minimum absolute atomic E-state index is 0.195. The van der Waals surface area contributed by atoms with Gasteiger partial charge in [-0.15, -0.1) is 0 Å². The Labute approximate surface area is 98.7 Å². The maximum Gasteiger partial charge on any atom is 0.123 e. The molecule has 90 valence electrons. The predicted molar refractivity (Wildman–Crippen MR) is 66.5 cm³/mol. The fraction of sp³-hybridized carbons (Fsp3) is 0.500. The molecule has 0 fully saturated rings. The van der Waals surface area contributed by atoms with Gasteiger partial charge < -0.3 is 5.32 Å². The molecule has 2 unspecified atom stereocenters. The van der Waals surface area contributed by atoms with E-state index in [1.807, 2.05) is 13.0 Å². The highest BCUT2D eigenvalue weighted by Crippen LogP contribution is 2.06. The summed E-state index contributed by atoms with van der Waals surface area (Å²) in [4.78, 5) is 0. The van der Waals surface area contributed by atoms with Crippen LogP contribution in [0.4, 0.5) is 4.39 Å². The molecule has 0 amide bonds. The lowest BCUT2D eigenvalue weighted by Crippen LogP contribution is -2.31.